The molecule has 65 heavy (non-hydrogen) atoms. The summed E-state index contributed by atoms with van der Waals surface area (Å²) in [4.78, 5) is 121. The van der Waals surface area contributed by atoms with Gasteiger partial charge in [0.2, 0.25) is 41.4 Å². The fourth-order valence-corrected chi connectivity index (χ4v) is 6.10. The number of benzene rings is 1. The van der Waals surface area contributed by atoms with Crippen LogP contribution in [-0.2, 0) is 49.6 Å². The number of carboxylic acids is 2. The second-order valence-electron chi connectivity index (χ2n) is 15.3. The number of aromatic carboxylic acids is 1. The van der Waals surface area contributed by atoms with E-state index in [0.717, 1.165) is 69.8 Å². The third kappa shape index (κ3) is 24.6. The Kier molecular flexibility index (Phi) is 28.6. The standard InChI is InChI=1S/C42H65N7O16/c1-26(54)20-43-37(58)30(22-50)48-40(61)33(25-53)47-36(57)21-44-38(59)31(23-51)49-39(60)32(24-52)46-35(56)19-18-29(42(64)65)45-34(55)13-11-9-7-5-3-2-4-6-8-10-12-27-14-16-28(17-15-27)41(62)63/h14-17,29-33,50-53H,2-13,18-25H2,1H3,(H,43,58)(H,44,59)(H,45,55)(H,46,56)(H,47,57)(H,48,61)(H,49,60)(H,62,63)(H,64,65)/t29-,30-,31-,32-,33-/m0/s1. The van der Waals surface area contributed by atoms with Crippen molar-refractivity contribution in [3.63, 3.8) is 0 Å². The van der Waals surface area contributed by atoms with Crippen LogP contribution in [0.15, 0.2) is 24.3 Å². The van der Waals surface area contributed by atoms with E-state index in [-0.39, 0.29) is 24.9 Å². The van der Waals surface area contributed by atoms with Gasteiger partial charge < -0.3 is 67.9 Å². The average Bonchev–Trinajstić information content (AvgIpc) is 3.28. The second kappa shape index (κ2) is 32.6. The number of aliphatic hydroxyl groups excluding tert-OH is 4. The van der Waals surface area contributed by atoms with Crippen molar-refractivity contribution in [2.75, 3.05) is 39.5 Å². The van der Waals surface area contributed by atoms with E-state index in [4.69, 9.17) is 5.11 Å². The van der Waals surface area contributed by atoms with Gasteiger partial charge in [0.05, 0.1) is 45.1 Å². The number of ketones is 1. The second-order valence-corrected chi connectivity index (χ2v) is 15.3. The largest absolute Gasteiger partial charge is 0.480 e. The highest BCUT2D eigenvalue weighted by Gasteiger charge is 2.29. The van der Waals surface area contributed by atoms with Gasteiger partial charge in [-0.3, -0.25) is 38.4 Å². The molecule has 0 aliphatic heterocycles. The molecule has 1 aromatic rings. The van der Waals surface area contributed by atoms with E-state index in [0.29, 0.717) is 6.42 Å². The van der Waals surface area contributed by atoms with E-state index in [1.165, 1.54) is 6.92 Å². The Balaban J connectivity index is 2.39. The van der Waals surface area contributed by atoms with Crippen LogP contribution in [-0.4, -0.2) is 159 Å². The lowest BCUT2D eigenvalue weighted by molar-refractivity contribution is -0.142. The fourth-order valence-electron chi connectivity index (χ4n) is 6.10. The molecule has 5 atom stereocenters. The highest BCUT2D eigenvalue weighted by molar-refractivity contribution is 5.96. The molecule has 1 aromatic carbocycles. The lowest BCUT2D eigenvalue weighted by Gasteiger charge is -2.22. The summed E-state index contributed by atoms with van der Waals surface area (Å²) in [5.41, 5.74) is 1.40. The number of unbranched alkanes of at least 4 members (excludes halogenated alkanes) is 9. The summed E-state index contributed by atoms with van der Waals surface area (Å²) in [6, 6.07) is -1.05. The molecule has 0 spiro atoms. The predicted octanol–water partition coefficient (Wildman–Crippen LogP) is -2.70. The van der Waals surface area contributed by atoms with Crippen molar-refractivity contribution in [1.29, 1.82) is 0 Å². The van der Waals surface area contributed by atoms with Gasteiger partial charge >= 0.3 is 11.9 Å². The van der Waals surface area contributed by atoms with Crippen molar-refractivity contribution >= 4 is 59.1 Å². The Morgan fingerprint density at radius 3 is 1.31 bits per heavy atom. The summed E-state index contributed by atoms with van der Waals surface area (Å²) in [5, 5.41) is 72.0. The van der Waals surface area contributed by atoms with Crippen LogP contribution in [0.5, 0.6) is 0 Å². The summed E-state index contributed by atoms with van der Waals surface area (Å²) in [5.74, 6) is -9.44. The number of aliphatic hydroxyl groups is 4. The zero-order valence-electron chi connectivity index (χ0n) is 36.6. The molecular weight excluding hydrogens is 858 g/mol. The molecule has 0 aliphatic carbocycles. The average molecular weight is 924 g/mol. The number of aliphatic carboxylic acids is 1. The van der Waals surface area contributed by atoms with Crippen LogP contribution in [0.2, 0.25) is 0 Å². The van der Waals surface area contributed by atoms with Crippen LogP contribution in [0.1, 0.15) is 106 Å². The number of carbonyl (C=O) groups is 10. The summed E-state index contributed by atoms with van der Waals surface area (Å²) < 4.78 is 0. The summed E-state index contributed by atoms with van der Waals surface area (Å²) in [6.45, 7) is -3.89. The monoisotopic (exact) mass is 923 g/mol. The first-order chi connectivity index (χ1) is 30.9. The maximum atomic E-state index is 12.8. The van der Waals surface area contributed by atoms with Crippen LogP contribution in [0.25, 0.3) is 0 Å². The normalized spacial score (nSPS) is 13.1. The molecule has 0 bridgehead atoms. The van der Waals surface area contributed by atoms with Crippen LogP contribution in [0, 0.1) is 0 Å². The van der Waals surface area contributed by atoms with Gasteiger partial charge in [0.1, 0.15) is 36.0 Å². The summed E-state index contributed by atoms with van der Waals surface area (Å²) in [6.07, 6.45) is 9.91. The molecule has 0 unspecified atom stereocenters. The van der Waals surface area contributed by atoms with Gasteiger partial charge in [-0.25, -0.2) is 9.59 Å². The van der Waals surface area contributed by atoms with Gasteiger partial charge in [-0.1, -0.05) is 63.5 Å². The van der Waals surface area contributed by atoms with E-state index >= 15 is 0 Å². The highest BCUT2D eigenvalue weighted by atomic mass is 16.4. The molecule has 1 rings (SSSR count). The maximum absolute atomic E-state index is 12.8. The van der Waals surface area contributed by atoms with Crippen LogP contribution >= 0.6 is 0 Å². The molecule has 0 heterocycles. The third-order valence-corrected chi connectivity index (χ3v) is 9.85. The molecule has 0 saturated heterocycles. The number of carboxylic acid groups (broad SMARTS) is 2. The first kappa shape index (κ1) is 57.0. The zero-order chi connectivity index (χ0) is 48.7. The fraction of sp³-hybridized carbons (Fsp3) is 0.619. The number of amides is 7. The number of carbonyl (C=O) groups excluding carboxylic acids is 8. The maximum Gasteiger partial charge on any atom is 0.335 e. The first-order valence-corrected chi connectivity index (χ1v) is 21.5. The lowest BCUT2D eigenvalue weighted by atomic mass is 10.0. The molecule has 0 fully saturated rings. The van der Waals surface area contributed by atoms with Crippen molar-refractivity contribution in [3.05, 3.63) is 35.4 Å². The number of Topliss-reactive ketones (excluding diaryl/α,β-unsaturated/α-hetero) is 1. The third-order valence-electron chi connectivity index (χ3n) is 9.85. The Morgan fingerprint density at radius 2 is 0.862 bits per heavy atom. The van der Waals surface area contributed by atoms with E-state index in [2.05, 4.69) is 37.2 Å². The van der Waals surface area contributed by atoms with E-state index in [1.54, 1.807) is 12.1 Å². The number of hydrogen-bond acceptors (Lipinski definition) is 14. The molecule has 23 heteroatoms. The van der Waals surface area contributed by atoms with Gasteiger partial charge in [-0.05, 0) is 50.3 Å². The number of rotatable bonds is 35. The Bertz CT molecular complexity index is 1730. The summed E-state index contributed by atoms with van der Waals surface area (Å²) in [7, 11) is 0. The van der Waals surface area contributed by atoms with Crippen molar-refractivity contribution in [2.45, 2.75) is 127 Å². The molecule has 7 amide bonds. The van der Waals surface area contributed by atoms with Crippen molar-refractivity contribution < 1.29 is 78.6 Å². The van der Waals surface area contributed by atoms with Gasteiger partial charge in [-0.2, -0.15) is 0 Å². The minimum Gasteiger partial charge on any atom is -0.480 e. The quantitative estimate of drug-likeness (QED) is 0.0308. The SMILES string of the molecule is CC(=O)CNC(=O)[C@H](CO)NC(=O)[C@H](CO)NC(=O)CNC(=O)[C@H](CO)NC(=O)[C@H](CO)NC(=O)CC[C@H](NC(=O)CCCCCCCCCCCCc1ccc(C(=O)O)cc1)C(=O)O. The van der Waals surface area contributed by atoms with E-state index in [9.17, 15) is 73.5 Å². The number of hydrogen-bond donors (Lipinski definition) is 13. The van der Waals surface area contributed by atoms with Gasteiger partial charge in [0, 0.05) is 12.8 Å². The number of aryl methyl sites for hydroxylation is 1. The smallest absolute Gasteiger partial charge is 0.335 e. The van der Waals surface area contributed by atoms with Gasteiger partial charge in [-0.15, -0.1) is 0 Å². The van der Waals surface area contributed by atoms with E-state index in [1.807, 2.05) is 12.1 Å². The topological polar surface area (TPSA) is 376 Å². The minimum atomic E-state index is -1.71. The Morgan fingerprint density at radius 1 is 0.462 bits per heavy atom. The molecule has 0 aliphatic rings. The van der Waals surface area contributed by atoms with Crippen molar-refractivity contribution in [3.8, 4) is 0 Å². The van der Waals surface area contributed by atoms with Crippen LogP contribution in [0.3, 0.4) is 0 Å². The van der Waals surface area contributed by atoms with Gasteiger partial charge in [0.25, 0.3) is 0 Å². The lowest BCUT2D eigenvalue weighted by Crippen LogP contribution is -2.58. The molecule has 364 valence electrons. The number of nitrogens with one attached hydrogen (secondary N) is 7. The molecule has 0 saturated carbocycles. The first-order valence-electron chi connectivity index (χ1n) is 21.5. The molecular formula is C42H65N7O16. The van der Waals surface area contributed by atoms with Crippen molar-refractivity contribution in [2.24, 2.45) is 0 Å². The Labute approximate surface area is 376 Å². The Hall–Kier alpha value is -6.04. The summed E-state index contributed by atoms with van der Waals surface area (Å²) >= 11 is 0. The molecule has 0 radical (unpaired) electrons. The molecule has 13 N–H and O–H groups in total. The zero-order valence-corrected chi connectivity index (χ0v) is 36.6. The minimum absolute atomic E-state index is 0.0875. The van der Waals surface area contributed by atoms with E-state index < -0.39 is 129 Å². The van der Waals surface area contributed by atoms with Crippen LogP contribution < -0.4 is 37.2 Å². The molecule has 0 aromatic heterocycles. The van der Waals surface area contributed by atoms with Gasteiger partial charge in [0.15, 0.2) is 0 Å². The highest BCUT2D eigenvalue weighted by Crippen LogP contribution is 2.14. The van der Waals surface area contributed by atoms with Crippen molar-refractivity contribution in [1.82, 2.24) is 37.2 Å². The van der Waals surface area contributed by atoms with Crippen LogP contribution in [0.4, 0.5) is 0 Å². The predicted molar refractivity (Wildman–Crippen MR) is 229 cm³/mol. The molecule has 23 nitrogen and oxygen atoms in total.